The molecule has 0 radical (unpaired) electrons. The highest BCUT2D eigenvalue weighted by Crippen LogP contribution is 2.42. The van der Waals surface area contributed by atoms with Gasteiger partial charge in [-0.15, -0.1) is 0 Å². The number of anilines is 1. The van der Waals surface area contributed by atoms with Crippen LogP contribution in [0.3, 0.4) is 0 Å². The number of hydrogen-bond acceptors (Lipinski definition) is 1. The molecule has 1 amide bonds. The van der Waals surface area contributed by atoms with E-state index in [1.165, 1.54) is 24.3 Å². The summed E-state index contributed by atoms with van der Waals surface area (Å²) >= 11 is 0. The van der Waals surface area contributed by atoms with Gasteiger partial charge in [-0.05, 0) is 60.4 Å². The Labute approximate surface area is 154 Å². The first-order valence-electron chi connectivity index (χ1n) is 8.53. The van der Waals surface area contributed by atoms with Crippen LogP contribution < -0.4 is 5.32 Å². The molecule has 0 saturated carbocycles. The van der Waals surface area contributed by atoms with Crippen LogP contribution in [0.15, 0.2) is 60.7 Å². The second-order valence-electron chi connectivity index (χ2n) is 6.97. The highest BCUT2D eigenvalue weighted by Gasteiger charge is 2.42. The molecule has 136 valence electrons. The van der Waals surface area contributed by atoms with Gasteiger partial charge in [0, 0.05) is 17.3 Å². The summed E-state index contributed by atoms with van der Waals surface area (Å²) in [5.74, 6) is -1.80. The number of rotatable bonds is 3. The SMILES string of the molecule is CC1(Cc2ccc(F)cc2)C(=O)Nc2cc(-c3ccc(F)cc3F)ccc21. The summed E-state index contributed by atoms with van der Waals surface area (Å²) in [5, 5.41) is 2.85. The summed E-state index contributed by atoms with van der Waals surface area (Å²) in [5.41, 5.74) is 2.25. The Bertz CT molecular complexity index is 1050. The minimum absolute atomic E-state index is 0.168. The molecule has 0 saturated heterocycles. The number of benzene rings is 3. The van der Waals surface area contributed by atoms with Gasteiger partial charge in [-0.1, -0.05) is 24.3 Å². The minimum Gasteiger partial charge on any atom is -0.325 e. The van der Waals surface area contributed by atoms with E-state index < -0.39 is 17.0 Å². The van der Waals surface area contributed by atoms with E-state index in [0.717, 1.165) is 17.2 Å². The normalized spacial score (nSPS) is 18.3. The Kier molecular flexibility index (Phi) is 4.02. The van der Waals surface area contributed by atoms with Crippen LogP contribution in [0.1, 0.15) is 18.1 Å². The van der Waals surface area contributed by atoms with Crippen LogP contribution in [-0.2, 0) is 16.6 Å². The fourth-order valence-electron chi connectivity index (χ4n) is 3.59. The lowest BCUT2D eigenvalue weighted by Crippen LogP contribution is -2.33. The van der Waals surface area contributed by atoms with E-state index in [4.69, 9.17) is 0 Å². The van der Waals surface area contributed by atoms with Crippen LogP contribution >= 0.6 is 0 Å². The fraction of sp³-hybridized carbons (Fsp3) is 0.136. The summed E-state index contributed by atoms with van der Waals surface area (Å²) in [6.45, 7) is 1.83. The molecule has 0 fully saturated rings. The van der Waals surface area contributed by atoms with Crippen molar-refractivity contribution in [3.63, 3.8) is 0 Å². The first kappa shape index (κ1) is 17.3. The second-order valence-corrected chi connectivity index (χ2v) is 6.97. The van der Waals surface area contributed by atoms with Crippen LogP contribution in [-0.4, -0.2) is 5.91 Å². The zero-order valence-electron chi connectivity index (χ0n) is 14.5. The molecule has 1 unspecified atom stereocenters. The number of hydrogen-bond donors (Lipinski definition) is 1. The number of nitrogens with one attached hydrogen (secondary N) is 1. The molecule has 0 bridgehead atoms. The van der Waals surface area contributed by atoms with Gasteiger partial charge in [0.2, 0.25) is 5.91 Å². The topological polar surface area (TPSA) is 29.1 Å². The summed E-state index contributed by atoms with van der Waals surface area (Å²) in [7, 11) is 0. The molecule has 0 spiro atoms. The van der Waals surface area contributed by atoms with Crippen molar-refractivity contribution in [3.8, 4) is 11.1 Å². The highest BCUT2D eigenvalue weighted by atomic mass is 19.1. The van der Waals surface area contributed by atoms with E-state index in [2.05, 4.69) is 5.32 Å². The Hall–Kier alpha value is -3.08. The number of fused-ring (bicyclic) bond motifs is 1. The number of amides is 1. The van der Waals surface area contributed by atoms with Crippen LogP contribution in [0.5, 0.6) is 0 Å². The zero-order valence-corrected chi connectivity index (χ0v) is 14.5. The molecule has 1 aliphatic heterocycles. The lowest BCUT2D eigenvalue weighted by Gasteiger charge is -2.22. The lowest BCUT2D eigenvalue weighted by molar-refractivity contribution is -0.120. The van der Waals surface area contributed by atoms with Gasteiger partial charge >= 0.3 is 0 Å². The summed E-state index contributed by atoms with van der Waals surface area (Å²) in [6, 6.07) is 14.7. The predicted octanol–water partition coefficient (Wildman–Crippen LogP) is 5.22. The Morgan fingerprint density at radius 3 is 2.30 bits per heavy atom. The van der Waals surface area contributed by atoms with Crippen molar-refractivity contribution in [3.05, 3.63) is 89.2 Å². The van der Waals surface area contributed by atoms with Crippen molar-refractivity contribution in [2.45, 2.75) is 18.8 Å². The maximum absolute atomic E-state index is 14.1. The van der Waals surface area contributed by atoms with Crippen molar-refractivity contribution < 1.29 is 18.0 Å². The quantitative estimate of drug-likeness (QED) is 0.675. The molecule has 1 N–H and O–H groups in total. The summed E-state index contributed by atoms with van der Waals surface area (Å²) in [4.78, 5) is 12.7. The van der Waals surface area contributed by atoms with Crippen molar-refractivity contribution in [2.24, 2.45) is 0 Å². The standard InChI is InChI=1S/C22H16F3NO/c1-22(12-13-2-5-15(23)6-3-13)18-9-4-14(10-20(18)26-21(22)27)17-8-7-16(24)11-19(17)25/h2-11H,12H2,1H3,(H,26,27). The monoisotopic (exact) mass is 367 g/mol. The van der Waals surface area contributed by atoms with E-state index in [1.54, 1.807) is 30.3 Å². The number of halogens is 3. The van der Waals surface area contributed by atoms with E-state index in [9.17, 15) is 18.0 Å². The number of carbonyl (C=O) groups is 1. The molecule has 1 aliphatic rings. The van der Waals surface area contributed by atoms with Gasteiger partial charge in [0.05, 0.1) is 5.41 Å². The first-order valence-corrected chi connectivity index (χ1v) is 8.53. The third-order valence-corrected chi connectivity index (χ3v) is 5.08. The maximum atomic E-state index is 14.1. The van der Waals surface area contributed by atoms with Gasteiger partial charge in [-0.2, -0.15) is 0 Å². The van der Waals surface area contributed by atoms with Gasteiger partial charge in [0.1, 0.15) is 17.5 Å². The van der Waals surface area contributed by atoms with Gasteiger partial charge in [0.25, 0.3) is 0 Å². The Balaban J connectivity index is 1.72. The van der Waals surface area contributed by atoms with E-state index in [0.29, 0.717) is 17.7 Å². The average molecular weight is 367 g/mol. The Morgan fingerprint density at radius 2 is 1.59 bits per heavy atom. The zero-order chi connectivity index (χ0) is 19.2. The first-order chi connectivity index (χ1) is 12.9. The molecule has 3 aromatic rings. The van der Waals surface area contributed by atoms with E-state index in [1.807, 2.05) is 6.92 Å². The molecule has 1 atom stereocenters. The minimum atomic E-state index is -0.812. The number of carbonyl (C=O) groups excluding carboxylic acids is 1. The molecule has 0 aromatic heterocycles. The molecule has 3 aromatic carbocycles. The molecule has 0 aliphatic carbocycles. The van der Waals surface area contributed by atoms with E-state index in [-0.39, 0.29) is 17.3 Å². The van der Waals surface area contributed by atoms with Crippen LogP contribution in [0.4, 0.5) is 18.9 Å². The van der Waals surface area contributed by atoms with Crippen LogP contribution in [0, 0.1) is 17.5 Å². The largest absolute Gasteiger partial charge is 0.325 e. The van der Waals surface area contributed by atoms with Crippen molar-refractivity contribution in [1.29, 1.82) is 0 Å². The van der Waals surface area contributed by atoms with Gasteiger partial charge in [0.15, 0.2) is 0 Å². The molecular formula is C22H16F3NO. The molecule has 1 heterocycles. The molecule has 5 heteroatoms. The lowest BCUT2D eigenvalue weighted by atomic mass is 9.78. The molecule has 4 rings (SSSR count). The smallest absolute Gasteiger partial charge is 0.235 e. The van der Waals surface area contributed by atoms with Gasteiger partial charge in [-0.3, -0.25) is 4.79 Å². The van der Waals surface area contributed by atoms with Crippen molar-refractivity contribution in [2.75, 3.05) is 5.32 Å². The highest BCUT2D eigenvalue weighted by molar-refractivity contribution is 6.06. The van der Waals surface area contributed by atoms with E-state index >= 15 is 0 Å². The van der Waals surface area contributed by atoms with Gasteiger partial charge in [-0.25, -0.2) is 13.2 Å². The van der Waals surface area contributed by atoms with Crippen molar-refractivity contribution in [1.82, 2.24) is 0 Å². The third-order valence-electron chi connectivity index (χ3n) is 5.08. The third kappa shape index (κ3) is 2.99. The maximum Gasteiger partial charge on any atom is 0.235 e. The summed E-state index contributed by atoms with van der Waals surface area (Å²) in [6.07, 6.45) is 0.413. The van der Waals surface area contributed by atoms with Crippen LogP contribution in [0.25, 0.3) is 11.1 Å². The second kappa shape index (κ2) is 6.27. The molecular weight excluding hydrogens is 351 g/mol. The van der Waals surface area contributed by atoms with Crippen LogP contribution in [0.2, 0.25) is 0 Å². The fourth-order valence-corrected chi connectivity index (χ4v) is 3.59. The Morgan fingerprint density at radius 1 is 0.889 bits per heavy atom. The summed E-state index contributed by atoms with van der Waals surface area (Å²) < 4.78 is 40.4. The van der Waals surface area contributed by atoms with Crippen molar-refractivity contribution >= 4 is 11.6 Å². The average Bonchev–Trinajstić information content (AvgIpc) is 2.87. The predicted molar refractivity (Wildman–Crippen MR) is 97.9 cm³/mol. The molecule has 27 heavy (non-hydrogen) atoms. The molecule has 2 nitrogen and oxygen atoms in total. The van der Waals surface area contributed by atoms with Gasteiger partial charge < -0.3 is 5.32 Å².